The molecule has 1 aliphatic rings. The fraction of sp³-hybridized carbons (Fsp3) is 0.600. The third kappa shape index (κ3) is 3.71. The Morgan fingerprint density at radius 1 is 1.42 bits per heavy atom. The molecule has 1 atom stereocenters. The van der Waals surface area contributed by atoms with Gasteiger partial charge in [0, 0.05) is 24.2 Å². The molecule has 1 saturated heterocycles. The summed E-state index contributed by atoms with van der Waals surface area (Å²) in [7, 11) is 0. The Balaban J connectivity index is 2.03. The van der Waals surface area contributed by atoms with Crippen molar-refractivity contribution in [2.45, 2.75) is 38.9 Å². The summed E-state index contributed by atoms with van der Waals surface area (Å²) < 4.78 is 6.73. The lowest BCUT2D eigenvalue weighted by molar-refractivity contribution is 0.0459. The molecule has 0 spiro atoms. The van der Waals surface area contributed by atoms with Crippen LogP contribution < -0.4 is 4.90 Å². The zero-order valence-electron chi connectivity index (χ0n) is 11.6. The maximum atomic E-state index is 9.59. The molecule has 1 fully saturated rings. The van der Waals surface area contributed by atoms with Crippen LogP contribution in [-0.2, 0) is 4.74 Å². The fourth-order valence-corrected chi connectivity index (χ4v) is 3.19. The van der Waals surface area contributed by atoms with E-state index in [4.69, 9.17) is 4.74 Å². The van der Waals surface area contributed by atoms with Crippen molar-refractivity contribution >= 4 is 21.6 Å². The van der Waals surface area contributed by atoms with Crippen molar-refractivity contribution in [1.82, 2.24) is 0 Å². The number of anilines is 1. The number of aliphatic hydroxyl groups is 1. The van der Waals surface area contributed by atoms with Gasteiger partial charge in [0.05, 0.1) is 17.9 Å². The molecule has 0 saturated carbocycles. The van der Waals surface area contributed by atoms with E-state index in [1.165, 1.54) is 5.69 Å². The minimum atomic E-state index is -0.422. The number of halogens is 1. The van der Waals surface area contributed by atoms with Crippen LogP contribution in [0.15, 0.2) is 22.7 Å². The van der Waals surface area contributed by atoms with Gasteiger partial charge in [-0.15, -0.1) is 0 Å². The largest absolute Gasteiger partial charge is 0.389 e. The van der Waals surface area contributed by atoms with Gasteiger partial charge in [0.2, 0.25) is 0 Å². The quantitative estimate of drug-likeness (QED) is 0.918. The predicted octanol–water partition coefficient (Wildman–Crippen LogP) is 3.51. The number of ether oxygens (including phenoxy) is 1. The molecule has 0 aliphatic carbocycles. The van der Waals surface area contributed by atoms with Crippen molar-refractivity contribution in [3.63, 3.8) is 0 Å². The molecule has 0 unspecified atom stereocenters. The van der Waals surface area contributed by atoms with E-state index >= 15 is 0 Å². The van der Waals surface area contributed by atoms with E-state index in [1.807, 2.05) is 12.1 Å². The molecule has 1 aliphatic heterocycles. The molecule has 0 radical (unpaired) electrons. The maximum Gasteiger partial charge on any atom is 0.0762 e. The normalized spacial score (nSPS) is 18.6. The number of nitrogens with zero attached hydrogens (tertiary/aromatic N) is 1. The first-order valence-corrected chi connectivity index (χ1v) is 7.75. The molecule has 19 heavy (non-hydrogen) atoms. The van der Waals surface area contributed by atoms with Crippen molar-refractivity contribution in [2.75, 3.05) is 24.6 Å². The monoisotopic (exact) mass is 327 g/mol. The number of benzene rings is 1. The van der Waals surface area contributed by atoms with Crippen molar-refractivity contribution < 1.29 is 9.84 Å². The number of rotatable bonds is 4. The third-order valence-electron chi connectivity index (χ3n) is 3.64. The first kappa shape index (κ1) is 14.8. The first-order valence-electron chi connectivity index (χ1n) is 6.96. The number of hydrogen-bond acceptors (Lipinski definition) is 3. The summed E-state index contributed by atoms with van der Waals surface area (Å²) in [5.74, 6) is 0. The van der Waals surface area contributed by atoms with E-state index in [0.717, 1.165) is 42.6 Å². The van der Waals surface area contributed by atoms with Gasteiger partial charge in [0.25, 0.3) is 0 Å². The molecule has 106 valence electrons. The summed E-state index contributed by atoms with van der Waals surface area (Å²) in [6.07, 6.45) is 2.16. The van der Waals surface area contributed by atoms with E-state index in [1.54, 1.807) is 6.92 Å². The fourth-order valence-electron chi connectivity index (χ4n) is 2.54. The van der Waals surface area contributed by atoms with Crippen LogP contribution in [0.2, 0.25) is 0 Å². The van der Waals surface area contributed by atoms with Crippen LogP contribution in [0.25, 0.3) is 0 Å². The topological polar surface area (TPSA) is 32.7 Å². The van der Waals surface area contributed by atoms with E-state index in [9.17, 15) is 5.11 Å². The SMILES string of the molecule is CCOC1CCN(c2ccc([C@H](C)O)cc2Br)CC1. The maximum absolute atomic E-state index is 9.59. The Hall–Kier alpha value is -0.580. The van der Waals surface area contributed by atoms with E-state index in [2.05, 4.69) is 33.8 Å². The minimum Gasteiger partial charge on any atom is -0.389 e. The standard InChI is InChI=1S/C15H22BrNO2/c1-3-19-13-6-8-17(9-7-13)15-5-4-12(11(2)18)10-14(15)16/h4-5,10-11,13,18H,3,6-9H2,1-2H3/t11-/m0/s1. The van der Waals surface area contributed by atoms with E-state index < -0.39 is 6.10 Å². The van der Waals surface area contributed by atoms with Gasteiger partial charge in [-0.1, -0.05) is 6.07 Å². The van der Waals surface area contributed by atoms with Crippen LogP contribution in [0.3, 0.4) is 0 Å². The molecule has 0 aromatic heterocycles. The van der Waals surface area contributed by atoms with Crippen LogP contribution in [0.1, 0.15) is 38.4 Å². The van der Waals surface area contributed by atoms with E-state index in [-0.39, 0.29) is 0 Å². The van der Waals surface area contributed by atoms with Gasteiger partial charge in [0.15, 0.2) is 0 Å². The van der Waals surface area contributed by atoms with Crippen molar-refractivity contribution in [3.05, 3.63) is 28.2 Å². The highest BCUT2D eigenvalue weighted by Crippen LogP contribution is 2.31. The molecule has 0 amide bonds. The van der Waals surface area contributed by atoms with Crippen LogP contribution in [0, 0.1) is 0 Å². The Morgan fingerprint density at radius 2 is 2.11 bits per heavy atom. The van der Waals surface area contributed by atoms with Gasteiger partial charge in [0.1, 0.15) is 0 Å². The highest BCUT2D eigenvalue weighted by atomic mass is 79.9. The molecule has 1 heterocycles. The summed E-state index contributed by atoms with van der Waals surface area (Å²) in [5, 5.41) is 9.59. The smallest absolute Gasteiger partial charge is 0.0762 e. The van der Waals surface area contributed by atoms with Gasteiger partial charge in [-0.05, 0) is 60.3 Å². The lowest BCUT2D eigenvalue weighted by atomic mass is 10.1. The lowest BCUT2D eigenvalue weighted by Crippen LogP contribution is -2.37. The first-order chi connectivity index (χ1) is 9.11. The minimum absolute atomic E-state index is 0.414. The molecule has 0 bridgehead atoms. The summed E-state index contributed by atoms with van der Waals surface area (Å²) in [6, 6.07) is 6.10. The van der Waals surface area contributed by atoms with Crippen LogP contribution in [0.5, 0.6) is 0 Å². The van der Waals surface area contributed by atoms with Gasteiger partial charge in [-0.2, -0.15) is 0 Å². The second kappa shape index (κ2) is 6.73. The second-order valence-corrected chi connectivity index (χ2v) is 5.88. The number of piperidine rings is 1. The summed E-state index contributed by atoms with van der Waals surface area (Å²) in [5.41, 5.74) is 2.15. The lowest BCUT2D eigenvalue weighted by Gasteiger charge is -2.34. The highest BCUT2D eigenvalue weighted by Gasteiger charge is 2.21. The van der Waals surface area contributed by atoms with Crippen LogP contribution in [-0.4, -0.2) is 30.9 Å². The van der Waals surface area contributed by atoms with Crippen LogP contribution in [0.4, 0.5) is 5.69 Å². The Kier molecular flexibility index (Phi) is 5.25. The number of hydrogen-bond donors (Lipinski definition) is 1. The van der Waals surface area contributed by atoms with Crippen molar-refractivity contribution in [1.29, 1.82) is 0 Å². The molecular formula is C15H22BrNO2. The number of aliphatic hydroxyl groups excluding tert-OH is 1. The Bertz CT molecular complexity index is 415. The third-order valence-corrected chi connectivity index (χ3v) is 4.27. The van der Waals surface area contributed by atoms with E-state index in [0.29, 0.717) is 6.10 Å². The molecule has 2 rings (SSSR count). The summed E-state index contributed by atoms with van der Waals surface area (Å²) in [4.78, 5) is 2.38. The molecular weight excluding hydrogens is 306 g/mol. The Morgan fingerprint density at radius 3 is 2.63 bits per heavy atom. The summed E-state index contributed by atoms with van der Waals surface area (Å²) >= 11 is 3.61. The Labute approximate surface area is 123 Å². The highest BCUT2D eigenvalue weighted by molar-refractivity contribution is 9.10. The average Bonchev–Trinajstić information content (AvgIpc) is 2.40. The molecule has 4 heteroatoms. The molecule has 1 aromatic rings. The van der Waals surface area contributed by atoms with Gasteiger partial charge in [-0.3, -0.25) is 0 Å². The van der Waals surface area contributed by atoms with Gasteiger partial charge in [-0.25, -0.2) is 0 Å². The zero-order chi connectivity index (χ0) is 13.8. The average molecular weight is 328 g/mol. The van der Waals surface area contributed by atoms with Crippen LogP contribution >= 0.6 is 15.9 Å². The van der Waals surface area contributed by atoms with Crippen molar-refractivity contribution in [3.8, 4) is 0 Å². The van der Waals surface area contributed by atoms with Crippen molar-refractivity contribution in [2.24, 2.45) is 0 Å². The molecule has 3 nitrogen and oxygen atoms in total. The zero-order valence-corrected chi connectivity index (χ0v) is 13.2. The molecule has 1 N–H and O–H groups in total. The second-order valence-electron chi connectivity index (χ2n) is 5.03. The predicted molar refractivity (Wildman–Crippen MR) is 81.6 cm³/mol. The molecule has 1 aromatic carbocycles. The van der Waals surface area contributed by atoms with Gasteiger partial charge < -0.3 is 14.7 Å². The summed E-state index contributed by atoms with van der Waals surface area (Å²) in [6.45, 7) is 6.69. The van der Waals surface area contributed by atoms with Gasteiger partial charge >= 0.3 is 0 Å².